The smallest absolute Gasteiger partial charge is 0.342 e. The largest absolute Gasteiger partial charge is 0.477 e. The number of nitro groups is 1. The number of carbonyl (C=O) groups excluding carboxylic acids is 1. The van der Waals surface area contributed by atoms with E-state index in [4.69, 9.17) is 5.11 Å². The number of nitrogens with one attached hydrogen (secondary N) is 1. The normalized spacial score (nSPS) is 9.79. The standard InChI is InChI=1S/C10H12N4O5/c1-11-9(15)5-13(2)8-3-6(10(16)17)7(4-12-8)14(18)19/h3-4H,5H2,1-2H3,(H,11,15)(H,16,17). The predicted molar refractivity (Wildman–Crippen MR) is 65.2 cm³/mol. The van der Waals surface area contributed by atoms with Crippen LogP contribution in [0.15, 0.2) is 12.3 Å². The van der Waals surface area contributed by atoms with E-state index < -0.39 is 22.1 Å². The average Bonchev–Trinajstić information content (AvgIpc) is 2.37. The molecule has 1 aromatic rings. The van der Waals surface area contributed by atoms with Crippen molar-refractivity contribution in [3.63, 3.8) is 0 Å². The summed E-state index contributed by atoms with van der Waals surface area (Å²) in [6.45, 7) is -0.0413. The number of nitrogens with zero attached hydrogens (tertiary/aromatic N) is 3. The Morgan fingerprint density at radius 1 is 1.58 bits per heavy atom. The van der Waals surface area contributed by atoms with E-state index in [9.17, 15) is 19.7 Å². The first kappa shape index (κ1) is 14.4. The molecular weight excluding hydrogens is 256 g/mol. The van der Waals surface area contributed by atoms with Crippen LogP contribution < -0.4 is 10.2 Å². The van der Waals surface area contributed by atoms with Crippen molar-refractivity contribution in [1.29, 1.82) is 0 Å². The van der Waals surface area contributed by atoms with Crippen molar-refractivity contribution in [2.24, 2.45) is 0 Å². The van der Waals surface area contributed by atoms with E-state index in [1.165, 1.54) is 19.0 Å². The summed E-state index contributed by atoms with van der Waals surface area (Å²) >= 11 is 0. The van der Waals surface area contributed by atoms with E-state index in [-0.39, 0.29) is 18.3 Å². The molecule has 1 rings (SSSR count). The number of anilines is 1. The first-order valence-electron chi connectivity index (χ1n) is 5.16. The molecule has 0 atom stereocenters. The molecule has 0 saturated heterocycles. The monoisotopic (exact) mass is 268 g/mol. The Morgan fingerprint density at radius 2 is 2.21 bits per heavy atom. The third-order valence-corrected chi connectivity index (χ3v) is 2.35. The number of hydrogen-bond acceptors (Lipinski definition) is 6. The topological polar surface area (TPSA) is 126 Å². The van der Waals surface area contributed by atoms with Gasteiger partial charge in [-0.2, -0.15) is 0 Å². The van der Waals surface area contributed by atoms with Crippen LogP contribution in [0.3, 0.4) is 0 Å². The summed E-state index contributed by atoms with van der Waals surface area (Å²) in [6.07, 6.45) is 0.860. The number of hydrogen-bond donors (Lipinski definition) is 2. The Balaban J connectivity index is 3.11. The number of pyridine rings is 1. The molecule has 0 spiro atoms. The van der Waals surface area contributed by atoms with Gasteiger partial charge in [-0.3, -0.25) is 14.9 Å². The number of likely N-dealkylation sites (N-methyl/N-ethyl adjacent to an activating group) is 2. The van der Waals surface area contributed by atoms with Gasteiger partial charge in [0.15, 0.2) is 0 Å². The van der Waals surface area contributed by atoms with E-state index in [2.05, 4.69) is 10.3 Å². The molecule has 1 heterocycles. The lowest BCUT2D eigenvalue weighted by Crippen LogP contribution is -2.33. The van der Waals surface area contributed by atoms with Gasteiger partial charge in [0.25, 0.3) is 0 Å². The Labute approximate surface area is 108 Å². The lowest BCUT2D eigenvalue weighted by molar-refractivity contribution is -0.385. The van der Waals surface area contributed by atoms with E-state index in [1.807, 2.05) is 0 Å². The van der Waals surface area contributed by atoms with Gasteiger partial charge in [-0.1, -0.05) is 0 Å². The molecule has 0 unspecified atom stereocenters. The van der Waals surface area contributed by atoms with Crippen LogP contribution in [0, 0.1) is 10.1 Å². The van der Waals surface area contributed by atoms with Crippen LogP contribution in [0.1, 0.15) is 10.4 Å². The zero-order chi connectivity index (χ0) is 14.6. The van der Waals surface area contributed by atoms with Crippen LogP contribution >= 0.6 is 0 Å². The van der Waals surface area contributed by atoms with Crippen LogP contribution in [0.25, 0.3) is 0 Å². The summed E-state index contributed by atoms with van der Waals surface area (Å²) in [5.41, 5.74) is -1.07. The summed E-state index contributed by atoms with van der Waals surface area (Å²) in [5.74, 6) is -1.56. The zero-order valence-corrected chi connectivity index (χ0v) is 10.3. The van der Waals surface area contributed by atoms with Crippen LogP contribution in [0.2, 0.25) is 0 Å². The quantitative estimate of drug-likeness (QED) is 0.562. The SMILES string of the molecule is CNC(=O)CN(C)c1cc(C(=O)O)c([N+](=O)[O-])cn1. The van der Waals surface area contributed by atoms with E-state index in [1.54, 1.807) is 0 Å². The summed E-state index contributed by atoms with van der Waals surface area (Å²) < 4.78 is 0. The highest BCUT2D eigenvalue weighted by atomic mass is 16.6. The third-order valence-electron chi connectivity index (χ3n) is 2.35. The molecule has 0 aliphatic carbocycles. The molecule has 0 bridgehead atoms. The van der Waals surface area contributed by atoms with Gasteiger partial charge < -0.3 is 15.3 Å². The van der Waals surface area contributed by atoms with Gasteiger partial charge in [-0.05, 0) is 0 Å². The molecular formula is C10H12N4O5. The first-order chi connectivity index (χ1) is 8.86. The van der Waals surface area contributed by atoms with Crippen LogP contribution in [-0.4, -0.2) is 47.5 Å². The maximum atomic E-state index is 11.2. The van der Waals surface area contributed by atoms with E-state index >= 15 is 0 Å². The van der Waals surface area contributed by atoms with Crippen LogP contribution in [0.5, 0.6) is 0 Å². The van der Waals surface area contributed by atoms with Crippen molar-refractivity contribution in [2.75, 3.05) is 25.5 Å². The Kier molecular flexibility index (Phi) is 4.35. The number of amides is 1. The number of aromatic nitrogens is 1. The fraction of sp³-hybridized carbons (Fsp3) is 0.300. The van der Waals surface area contributed by atoms with Crippen LogP contribution in [0.4, 0.5) is 11.5 Å². The van der Waals surface area contributed by atoms with Gasteiger partial charge in [0, 0.05) is 20.2 Å². The number of carboxylic acids is 1. The average molecular weight is 268 g/mol. The first-order valence-corrected chi connectivity index (χ1v) is 5.16. The molecule has 1 amide bonds. The molecule has 2 N–H and O–H groups in total. The van der Waals surface area contributed by atoms with Gasteiger partial charge in [0.05, 0.1) is 11.5 Å². The lowest BCUT2D eigenvalue weighted by Gasteiger charge is -2.17. The van der Waals surface area contributed by atoms with Crippen molar-refractivity contribution in [2.45, 2.75) is 0 Å². The van der Waals surface area contributed by atoms with Crippen molar-refractivity contribution in [1.82, 2.24) is 10.3 Å². The minimum absolute atomic E-state index is 0.0413. The van der Waals surface area contributed by atoms with Gasteiger partial charge in [-0.15, -0.1) is 0 Å². The summed E-state index contributed by atoms with van der Waals surface area (Å²) in [6, 6.07) is 1.06. The molecule has 0 radical (unpaired) electrons. The zero-order valence-electron chi connectivity index (χ0n) is 10.3. The van der Waals surface area contributed by atoms with E-state index in [0.717, 1.165) is 12.3 Å². The fourth-order valence-electron chi connectivity index (χ4n) is 1.34. The Hall–Kier alpha value is -2.71. The molecule has 0 saturated carbocycles. The third kappa shape index (κ3) is 3.37. The molecule has 1 aromatic heterocycles. The van der Waals surface area contributed by atoms with Gasteiger partial charge in [0.1, 0.15) is 17.6 Å². The maximum absolute atomic E-state index is 11.2. The molecule has 102 valence electrons. The molecule has 0 aliphatic heterocycles. The number of carboxylic acid groups (broad SMARTS) is 1. The highest BCUT2D eigenvalue weighted by Gasteiger charge is 2.22. The highest BCUT2D eigenvalue weighted by Crippen LogP contribution is 2.21. The molecule has 0 aliphatic rings. The van der Waals surface area contributed by atoms with E-state index in [0.29, 0.717) is 0 Å². The summed E-state index contributed by atoms with van der Waals surface area (Å²) in [5, 5.41) is 22.0. The van der Waals surface area contributed by atoms with Gasteiger partial charge >= 0.3 is 11.7 Å². The van der Waals surface area contributed by atoms with Crippen molar-refractivity contribution in [3.05, 3.63) is 27.9 Å². The summed E-state index contributed by atoms with van der Waals surface area (Å²) in [4.78, 5) is 37.1. The second kappa shape index (κ2) is 5.76. The molecule has 9 heteroatoms. The van der Waals surface area contributed by atoms with Crippen LogP contribution in [-0.2, 0) is 4.79 Å². The molecule has 0 aromatic carbocycles. The number of aromatic carboxylic acids is 1. The number of rotatable bonds is 5. The molecule has 0 fully saturated rings. The number of carbonyl (C=O) groups is 2. The second-order valence-electron chi connectivity index (χ2n) is 3.65. The van der Waals surface area contributed by atoms with Crippen molar-refractivity contribution in [3.8, 4) is 0 Å². The minimum Gasteiger partial charge on any atom is -0.477 e. The minimum atomic E-state index is -1.43. The van der Waals surface area contributed by atoms with Crippen molar-refractivity contribution >= 4 is 23.4 Å². The highest BCUT2D eigenvalue weighted by molar-refractivity contribution is 5.93. The fourth-order valence-corrected chi connectivity index (χ4v) is 1.34. The molecule has 19 heavy (non-hydrogen) atoms. The predicted octanol–water partition coefficient (Wildman–Crippen LogP) is -0.130. The van der Waals surface area contributed by atoms with Crippen molar-refractivity contribution < 1.29 is 19.6 Å². The lowest BCUT2D eigenvalue weighted by atomic mass is 10.2. The Morgan fingerprint density at radius 3 is 2.68 bits per heavy atom. The maximum Gasteiger partial charge on any atom is 0.342 e. The van der Waals surface area contributed by atoms with Gasteiger partial charge in [0.2, 0.25) is 5.91 Å². The summed E-state index contributed by atoms with van der Waals surface area (Å²) in [7, 11) is 2.98. The molecule has 9 nitrogen and oxygen atoms in total. The van der Waals surface area contributed by atoms with Gasteiger partial charge in [-0.25, -0.2) is 9.78 Å². The Bertz CT molecular complexity index is 531. The second-order valence-corrected chi connectivity index (χ2v) is 3.65.